The molecule has 1 saturated heterocycles. The average Bonchev–Trinajstić information content (AvgIpc) is 2.92. The molecule has 6 nitrogen and oxygen atoms in total. The van der Waals surface area contributed by atoms with Gasteiger partial charge in [-0.3, -0.25) is 14.8 Å². The van der Waals surface area contributed by atoms with E-state index < -0.39 is 0 Å². The monoisotopic (exact) mass is 489 g/mol. The molecule has 1 aliphatic heterocycles. The Labute approximate surface area is 215 Å². The lowest BCUT2D eigenvalue weighted by atomic mass is 9.84. The van der Waals surface area contributed by atoms with E-state index in [0.29, 0.717) is 30.9 Å². The number of aromatic hydroxyl groups is 1. The number of piperidine rings is 1. The zero-order valence-electron chi connectivity index (χ0n) is 21.6. The van der Waals surface area contributed by atoms with Crippen LogP contribution in [0.3, 0.4) is 0 Å². The molecule has 0 spiro atoms. The number of methoxy groups -OCH3 is 2. The maximum Gasteiger partial charge on any atom is 0.127 e. The predicted molar refractivity (Wildman–Crippen MR) is 143 cm³/mol. The van der Waals surface area contributed by atoms with Crippen molar-refractivity contribution in [1.29, 1.82) is 0 Å². The highest BCUT2D eigenvalue weighted by Crippen LogP contribution is 2.32. The van der Waals surface area contributed by atoms with Gasteiger partial charge in [0.15, 0.2) is 0 Å². The normalized spacial score (nSPS) is 15.8. The summed E-state index contributed by atoms with van der Waals surface area (Å²) in [5.74, 6) is 1.62. The van der Waals surface area contributed by atoms with Crippen LogP contribution in [0.25, 0.3) is 0 Å². The van der Waals surface area contributed by atoms with E-state index >= 15 is 0 Å². The number of phenolic OH excluding ortho intramolecular Hbond substituents is 1. The van der Waals surface area contributed by atoms with Gasteiger partial charge in [0.1, 0.15) is 11.5 Å². The van der Waals surface area contributed by atoms with Crippen molar-refractivity contribution >= 4 is 0 Å². The van der Waals surface area contributed by atoms with E-state index in [1.54, 1.807) is 20.3 Å². The molecular formula is C30H39N3O3. The van der Waals surface area contributed by atoms with Crippen molar-refractivity contribution in [3.05, 3.63) is 89.7 Å². The van der Waals surface area contributed by atoms with E-state index in [0.717, 1.165) is 62.4 Å². The molecule has 1 aliphatic rings. The van der Waals surface area contributed by atoms with Crippen molar-refractivity contribution in [2.75, 3.05) is 40.5 Å². The van der Waals surface area contributed by atoms with Crippen molar-refractivity contribution in [3.8, 4) is 11.5 Å². The minimum atomic E-state index is 0.305. The summed E-state index contributed by atoms with van der Waals surface area (Å²) >= 11 is 0. The molecule has 1 atom stereocenters. The second-order valence-electron chi connectivity index (χ2n) is 9.61. The molecule has 0 amide bonds. The van der Waals surface area contributed by atoms with Crippen molar-refractivity contribution in [3.63, 3.8) is 0 Å². The highest BCUT2D eigenvalue weighted by molar-refractivity contribution is 5.43. The molecule has 1 N–H and O–H groups in total. The Kier molecular flexibility index (Phi) is 9.73. The molecular weight excluding hydrogens is 450 g/mol. The third-order valence-corrected chi connectivity index (χ3v) is 7.32. The van der Waals surface area contributed by atoms with E-state index in [4.69, 9.17) is 9.47 Å². The molecule has 0 aliphatic carbocycles. The number of pyridine rings is 1. The SMILES string of the molecule is COCCN(Cc1ccccn1)[C@@H](Cc1ccccc1)C1CCN(Cc2c(O)cccc2OC)CC1. The van der Waals surface area contributed by atoms with Gasteiger partial charge in [-0.2, -0.15) is 0 Å². The third kappa shape index (κ3) is 7.06. The van der Waals surface area contributed by atoms with Gasteiger partial charge in [-0.05, 0) is 68.1 Å². The Bertz CT molecular complexity index is 1040. The quantitative estimate of drug-likeness (QED) is 0.396. The molecule has 6 heteroatoms. The zero-order chi connectivity index (χ0) is 25.2. The maximum atomic E-state index is 10.4. The van der Waals surface area contributed by atoms with Crippen LogP contribution in [0.4, 0.5) is 0 Å². The number of likely N-dealkylation sites (tertiary alicyclic amines) is 1. The van der Waals surface area contributed by atoms with Gasteiger partial charge in [-0.1, -0.05) is 42.5 Å². The molecule has 2 heterocycles. The Morgan fingerprint density at radius 1 is 1.00 bits per heavy atom. The highest BCUT2D eigenvalue weighted by Gasteiger charge is 2.31. The first-order valence-electron chi connectivity index (χ1n) is 12.9. The van der Waals surface area contributed by atoms with Crippen molar-refractivity contribution in [2.45, 2.75) is 38.4 Å². The van der Waals surface area contributed by atoms with Crippen LogP contribution in [0, 0.1) is 5.92 Å². The average molecular weight is 490 g/mol. The highest BCUT2D eigenvalue weighted by atomic mass is 16.5. The van der Waals surface area contributed by atoms with Gasteiger partial charge in [-0.25, -0.2) is 0 Å². The van der Waals surface area contributed by atoms with Crippen LogP contribution < -0.4 is 4.74 Å². The number of hydrogen-bond acceptors (Lipinski definition) is 6. The molecule has 0 radical (unpaired) electrons. The topological polar surface area (TPSA) is 58.1 Å². The number of phenols is 1. The smallest absolute Gasteiger partial charge is 0.127 e. The van der Waals surface area contributed by atoms with Crippen LogP contribution in [0.5, 0.6) is 11.5 Å². The lowest BCUT2D eigenvalue weighted by Gasteiger charge is -2.41. The summed E-state index contributed by atoms with van der Waals surface area (Å²) in [6.07, 6.45) is 5.11. The zero-order valence-corrected chi connectivity index (χ0v) is 21.6. The van der Waals surface area contributed by atoms with E-state index in [1.807, 2.05) is 24.4 Å². The van der Waals surface area contributed by atoms with E-state index in [-0.39, 0.29) is 0 Å². The first-order chi connectivity index (χ1) is 17.7. The summed E-state index contributed by atoms with van der Waals surface area (Å²) in [5.41, 5.74) is 3.33. The molecule has 4 rings (SSSR count). The number of ether oxygens (including phenoxy) is 2. The Morgan fingerprint density at radius 3 is 2.47 bits per heavy atom. The molecule has 192 valence electrons. The minimum absolute atomic E-state index is 0.305. The van der Waals surface area contributed by atoms with Gasteiger partial charge in [0.2, 0.25) is 0 Å². The largest absolute Gasteiger partial charge is 0.507 e. The second-order valence-corrected chi connectivity index (χ2v) is 9.61. The first kappa shape index (κ1) is 26.1. The summed E-state index contributed by atoms with van der Waals surface area (Å²) < 4.78 is 11.0. The van der Waals surface area contributed by atoms with Crippen molar-refractivity contribution in [1.82, 2.24) is 14.8 Å². The van der Waals surface area contributed by atoms with E-state index in [2.05, 4.69) is 57.2 Å². The van der Waals surface area contributed by atoms with Crippen LogP contribution >= 0.6 is 0 Å². The Hall–Kier alpha value is -2.93. The van der Waals surface area contributed by atoms with Crippen LogP contribution in [-0.2, 0) is 24.2 Å². The summed E-state index contributed by atoms with van der Waals surface area (Å²) in [7, 11) is 3.44. The standard InChI is InChI=1S/C30H39N3O3/c1-35-20-19-33(22-26-11-6-7-16-31-26)28(21-24-9-4-3-5-10-24)25-14-17-32(18-15-25)23-27-29(34)12-8-13-30(27)36-2/h3-13,16,25,28,34H,14-15,17-23H2,1-2H3/t28-/m0/s1. The van der Waals surface area contributed by atoms with Crippen LogP contribution in [0.2, 0.25) is 0 Å². The van der Waals surface area contributed by atoms with Crippen LogP contribution in [0.15, 0.2) is 72.9 Å². The summed E-state index contributed by atoms with van der Waals surface area (Å²) in [5, 5.41) is 10.4. The lowest BCUT2D eigenvalue weighted by Crippen LogP contribution is -2.47. The first-order valence-corrected chi connectivity index (χ1v) is 12.9. The fourth-order valence-electron chi connectivity index (χ4n) is 5.34. The van der Waals surface area contributed by atoms with Gasteiger partial charge >= 0.3 is 0 Å². The number of hydrogen-bond donors (Lipinski definition) is 1. The molecule has 0 unspecified atom stereocenters. The molecule has 1 fully saturated rings. The van der Waals surface area contributed by atoms with E-state index in [9.17, 15) is 5.11 Å². The third-order valence-electron chi connectivity index (χ3n) is 7.32. The van der Waals surface area contributed by atoms with Crippen molar-refractivity contribution < 1.29 is 14.6 Å². The van der Waals surface area contributed by atoms with Gasteiger partial charge in [0.05, 0.1) is 19.4 Å². The maximum absolute atomic E-state index is 10.4. The molecule has 0 bridgehead atoms. The molecule has 2 aromatic carbocycles. The van der Waals surface area contributed by atoms with E-state index in [1.165, 1.54) is 5.56 Å². The molecule has 0 saturated carbocycles. The summed E-state index contributed by atoms with van der Waals surface area (Å²) in [6, 6.07) is 22.9. The van der Waals surface area contributed by atoms with Crippen LogP contribution in [-0.4, -0.2) is 66.4 Å². The van der Waals surface area contributed by atoms with Crippen LogP contribution in [0.1, 0.15) is 29.7 Å². The molecule has 3 aromatic rings. The lowest BCUT2D eigenvalue weighted by molar-refractivity contribution is 0.0561. The molecule has 1 aromatic heterocycles. The molecule has 36 heavy (non-hydrogen) atoms. The fraction of sp³-hybridized carbons (Fsp3) is 0.433. The summed E-state index contributed by atoms with van der Waals surface area (Å²) in [4.78, 5) is 9.63. The number of nitrogens with zero attached hydrogens (tertiary/aromatic N) is 3. The number of rotatable bonds is 12. The van der Waals surface area contributed by atoms with Gasteiger partial charge in [0, 0.05) is 44.5 Å². The Balaban J connectivity index is 1.49. The van der Waals surface area contributed by atoms with Crippen molar-refractivity contribution in [2.24, 2.45) is 5.92 Å². The van der Waals surface area contributed by atoms with Gasteiger partial charge in [-0.15, -0.1) is 0 Å². The second kappa shape index (κ2) is 13.4. The minimum Gasteiger partial charge on any atom is -0.507 e. The number of benzene rings is 2. The summed E-state index contributed by atoms with van der Waals surface area (Å²) in [6.45, 7) is 5.08. The van der Waals surface area contributed by atoms with Gasteiger partial charge in [0.25, 0.3) is 0 Å². The van der Waals surface area contributed by atoms with Gasteiger partial charge < -0.3 is 14.6 Å². The Morgan fingerprint density at radius 2 is 1.78 bits per heavy atom. The number of aromatic nitrogens is 1. The predicted octanol–water partition coefficient (Wildman–Crippen LogP) is 4.77. The fourth-order valence-corrected chi connectivity index (χ4v) is 5.34.